The normalized spacial score (nSPS) is 13.4. The zero-order valence-corrected chi connectivity index (χ0v) is 18.9. The van der Waals surface area contributed by atoms with Crippen LogP contribution in [0.25, 0.3) is 5.76 Å². The van der Waals surface area contributed by atoms with Crippen molar-refractivity contribution in [3.05, 3.63) is 40.2 Å². The second-order valence-corrected chi connectivity index (χ2v) is 11.9. The second kappa shape index (κ2) is 9.22. The highest BCUT2D eigenvalue weighted by molar-refractivity contribution is 7.62. The Morgan fingerprint density at radius 1 is 0.760 bits per heavy atom. The fourth-order valence-corrected chi connectivity index (χ4v) is 5.55. The molecule has 142 valence electrons. The van der Waals surface area contributed by atoms with Crippen molar-refractivity contribution < 1.29 is 5.11 Å². The van der Waals surface area contributed by atoms with Gasteiger partial charge in [0.1, 0.15) is 5.76 Å². The third-order valence-corrected chi connectivity index (χ3v) is 7.78. The van der Waals surface area contributed by atoms with Crippen LogP contribution in [0.2, 0.25) is 0 Å². The molecule has 0 fully saturated rings. The topological polar surface area (TPSA) is 20.2 Å². The van der Waals surface area contributed by atoms with Crippen LogP contribution in [0.1, 0.15) is 109 Å². The SMILES string of the molecule is CC(C)c1cc(C(C)C)c(/C(O)=C/P(C(C)C)C(C)C)c(C(C)C)c1. The molecule has 0 aromatic heterocycles. The number of benzene rings is 1. The van der Waals surface area contributed by atoms with E-state index in [9.17, 15) is 5.11 Å². The van der Waals surface area contributed by atoms with Gasteiger partial charge in [0.25, 0.3) is 0 Å². The molecule has 0 saturated heterocycles. The average molecular weight is 363 g/mol. The van der Waals surface area contributed by atoms with E-state index in [1.54, 1.807) is 0 Å². The zero-order chi connectivity index (χ0) is 19.5. The van der Waals surface area contributed by atoms with Crippen LogP contribution in [-0.2, 0) is 0 Å². The minimum atomic E-state index is -0.337. The average Bonchev–Trinajstić information content (AvgIpc) is 2.49. The van der Waals surface area contributed by atoms with Gasteiger partial charge in [-0.2, -0.15) is 0 Å². The maximum atomic E-state index is 11.2. The maximum absolute atomic E-state index is 11.2. The molecule has 0 aliphatic carbocycles. The molecule has 0 atom stereocenters. The maximum Gasteiger partial charge on any atom is 0.123 e. The summed E-state index contributed by atoms with van der Waals surface area (Å²) >= 11 is 0. The molecule has 0 aliphatic rings. The molecule has 1 aromatic carbocycles. The molecule has 0 radical (unpaired) electrons. The molecule has 0 unspecified atom stereocenters. The molecule has 25 heavy (non-hydrogen) atoms. The Morgan fingerprint density at radius 3 is 1.44 bits per heavy atom. The Bertz CT molecular complexity index is 557. The lowest BCUT2D eigenvalue weighted by atomic mass is 9.84. The van der Waals surface area contributed by atoms with Gasteiger partial charge in [0.05, 0.1) is 0 Å². The lowest BCUT2D eigenvalue weighted by molar-refractivity contribution is 0.509. The zero-order valence-electron chi connectivity index (χ0n) is 18.0. The van der Waals surface area contributed by atoms with E-state index >= 15 is 0 Å². The highest BCUT2D eigenvalue weighted by atomic mass is 31.1. The minimum Gasteiger partial charge on any atom is -0.507 e. The minimum absolute atomic E-state index is 0.337. The van der Waals surface area contributed by atoms with Crippen molar-refractivity contribution in [3.63, 3.8) is 0 Å². The molecule has 1 N–H and O–H groups in total. The lowest BCUT2D eigenvalue weighted by Crippen LogP contribution is -2.07. The van der Waals surface area contributed by atoms with E-state index in [1.807, 2.05) is 0 Å². The number of aliphatic hydroxyl groups excluding tert-OH is 1. The summed E-state index contributed by atoms with van der Waals surface area (Å²) in [5, 5.41) is 11.2. The molecule has 2 heteroatoms. The van der Waals surface area contributed by atoms with Crippen LogP contribution in [0.4, 0.5) is 0 Å². The third kappa shape index (κ3) is 5.58. The fourth-order valence-electron chi connectivity index (χ4n) is 3.35. The van der Waals surface area contributed by atoms with Crippen molar-refractivity contribution >= 4 is 13.7 Å². The van der Waals surface area contributed by atoms with Crippen molar-refractivity contribution in [2.24, 2.45) is 0 Å². The van der Waals surface area contributed by atoms with Gasteiger partial charge >= 0.3 is 0 Å². The smallest absolute Gasteiger partial charge is 0.123 e. The summed E-state index contributed by atoms with van der Waals surface area (Å²) in [4.78, 5) is 0. The first-order chi connectivity index (χ1) is 11.5. The molecule has 0 amide bonds. The molecule has 0 aliphatic heterocycles. The first-order valence-corrected chi connectivity index (χ1v) is 11.4. The molecule has 1 aromatic rings. The summed E-state index contributed by atoms with van der Waals surface area (Å²) in [7, 11) is -0.337. The Balaban J connectivity index is 3.65. The summed E-state index contributed by atoms with van der Waals surface area (Å²) in [5.74, 6) is 3.96. The van der Waals surface area contributed by atoms with Crippen LogP contribution in [-0.4, -0.2) is 16.4 Å². The standard InChI is InChI=1S/C23H39OP/c1-14(2)19-11-20(15(3)4)23(21(12-19)16(5)6)22(24)13-25(17(7)8)18(9)10/h11-18,24H,1-10H3/b22-13-. The third-order valence-electron chi connectivity index (χ3n) is 4.85. The van der Waals surface area contributed by atoms with E-state index in [-0.39, 0.29) is 7.92 Å². The van der Waals surface area contributed by atoms with Crippen molar-refractivity contribution in [1.29, 1.82) is 0 Å². The molecule has 0 heterocycles. The van der Waals surface area contributed by atoms with E-state index in [1.165, 1.54) is 16.7 Å². The van der Waals surface area contributed by atoms with Crippen LogP contribution >= 0.6 is 7.92 Å². The number of hydrogen-bond acceptors (Lipinski definition) is 1. The largest absolute Gasteiger partial charge is 0.507 e. The highest BCUT2D eigenvalue weighted by Crippen LogP contribution is 2.50. The van der Waals surface area contributed by atoms with Gasteiger partial charge in [-0.05, 0) is 51.6 Å². The van der Waals surface area contributed by atoms with Crippen molar-refractivity contribution in [1.82, 2.24) is 0 Å². The van der Waals surface area contributed by atoms with Gasteiger partial charge in [0, 0.05) is 5.56 Å². The molecular formula is C23H39OP. The van der Waals surface area contributed by atoms with Crippen LogP contribution in [0, 0.1) is 0 Å². The van der Waals surface area contributed by atoms with E-state index in [2.05, 4.69) is 87.2 Å². The Morgan fingerprint density at radius 2 is 1.16 bits per heavy atom. The van der Waals surface area contributed by atoms with Crippen LogP contribution in [0.5, 0.6) is 0 Å². The first-order valence-electron chi connectivity index (χ1n) is 9.83. The predicted molar refractivity (Wildman–Crippen MR) is 117 cm³/mol. The van der Waals surface area contributed by atoms with Crippen molar-refractivity contribution in [3.8, 4) is 0 Å². The van der Waals surface area contributed by atoms with Crippen LogP contribution in [0.3, 0.4) is 0 Å². The molecule has 1 rings (SSSR count). The monoisotopic (exact) mass is 362 g/mol. The van der Waals surface area contributed by atoms with E-state index in [4.69, 9.17) is 0 Å². The van der Waals surface area contributed by atoms with Gasteiger partial charge in [0.2, 0.25) is 0 Å². The number of aliphatic hydroxyl groups is 1. The summed E-state index contributed by atoms with van der Waals surface area (Å²) < 4.78 is 0. The van der Waals surface area contributed by atoms with E-state index in [0.717, 1.165) is 5.56 Å². The summed E-state index contributed by atoms with van der Waals surface area (Å²) in [6.45, 7) is 22.5. The molecule has 0 bridgehead atoms. The number of rotatable bonds is 7. The van der Waals surface area contributed by atoms with E-state index in [0.29, 0.717) is 34.8 Å². The van der Waals surface area contributed by atoms with E-state index < -0.39 is 0 Å². The summed E-state index contributed by atoms with van der Waals surface area (Å²) in [6, 6.07) is 4.63. The lowest BCUT2D eigenvalue weighted by Gasteiger charge is -2.26. The molecule has 0 spiro atoms. The first kappa shape index (κ1) is 22.2. The van der Waals surface area contributed by atoms with Gasteiger partial charge in [-0.1, -0.05) is 89.3 Å². The second-order valence-electron chi connectivity index (χ2n) is 8.69. The van der Waals surface area contributed by atoms with Gasteiger partial charge in [-0.15, -0.1) is 0 Å². The molecular weight excluding hydrogens is 323 g/mol. The van der Waals surface area contributed by atoms with Gasteiger partial charge < -0.3 is 5.11 Å². The Labute approximate surface area is 157 Å². The van der Waals surface area contributed by atoms with Crippen molar-refractivity contribution in [2.75, 3.05) is 0 Å². The van der Waals surface area contributed by atoms with Crippen LogP contribution < -0.4 is 0 Å². The number of hydrogen-bond donors (Lipinski definition) is 1. The van der Waals surface area contributed by atoms with Crippen LogP contribution in [0.15, 0.2) is 17.9 Å². The molecule has 1 nitrogen and oxygen atoms in total. The Kier molecular flexibility index (Phi) is 8.20. The molecule has 0 saturated carbocycles. The van der Waals surface area contributed by atoms with Gasteiger partial charge in [0.15, 0.2) is 0 Å². The quantitative estimate of drug-likeness (QED) is 0.382. The van der Waals surface area contributed by atoms with Gasteiger partial charge in [-0.3, -0.25) is 0 Å². The highest BCUT2D eigenvalue weighted by Gasteiger charge is 2.22. The van der Waals surface area contributed by atoms with Gasteiger partial charge in [-0.25, -0.2) is 0 Å². The van der Waals surface area contributed by atoms with Crippen molar-refractivity contribution in [2.45, 2.75) is 98.3 Å². The predicted octanol–water partition coefficient (Wildman–Crippen LogP) is 8.21. The fraction of sp³-hybridized carbons (Fsp3) is 0.652. The summed E-state index contributed by atoms with van der Waals surface area (Å²) in [6.07, 6.45) is 0. The summed E-state index contributed by atoms with van der Waals surface area (Å²) in [5.41, 5.74) is 6.19. The Hall–Kier alpha value is -0.810.